The summed E-state index contributed by atoms with van der Waals surface area (Å²) >= 11 is 6.91. The topological polar surface area (TPSA) is 154 Å². The minimum atomic E-state index is -4.20. The summed E-state index contributed by atoms with van der Waals surface area (Å²) in [6, 6.07) is 2.69. The van der Waals surface area contributed by atoms with Crippen molar-refractivity contribution in [1.29, 1.82) is 0 Å². The van der Waals surface area contributed by atoms with E-state index in [0.717, 1.165) is 17.6 Å². The lowest BCUT2D eigenvalue weighted by molar-refractivity contribution is 0.0955. The van der Waals surface area contributed by atoms with Gasteiger partial charge in [0.05, 0.1) is 4.90 Å². The molecule has 0 bridgehead atoms. The minimum absolute atomic E-state index is 0.00980. The van der Waals surface area contributed by atoms with Crippen LogP contribution in [0.2, 0.25) is 5.02 Å². The van der Waals surface area contributed by atoms with Gasteiger partial charge in [0.2, 0.25) is 6.79 Å². The molecule has 1 aliphatic rings. The lowest BCUT2D eigenvalue weighted by atomic mass is 10.0. The fourth-order valence-electron chi connectivity index (χ4n) is 3.51. The predicted molar refractivity (Wildman–Crippen MR) is 128 cm³/mol. The number of amides is 1. The molecule has 3 heterocycles. The predicted octanol–water partition coefficient (Wildman–Crippen LogP) is 2.91. The largest absolute Gasteiger partial charge is 0.454 e. The number of ether oxygens (including phenoxy) is 2. The number of anilines is 1. The van der Waals surface area contributed by atoms with E-state index in [1.165, 1.54) is 17.5 Å². The Morgan fingerprint density at radius 3 is 2.60 bits per heavy atom. The van der Waals surface area contributed by atoms with Crippen LogP contribution in [-0.2, 0) is 26.3 Å². The van der Waals surface area contributed by atoms with Crippen molar-refractivity contribution < 1.29 is 35.6 Å². The van der Waals surface area contributed by atoms with E-state index in [1.54, 1.807) is 13.8 Å². The van der Waals surface area contributed by atoms with Gasteiger partial charge in [0.1, 0.15) is 20.5 Å². The summed E-state index contributed by atoms with van der Waals surface area (Å²) in [4.78, 5) is 12.6. The molecule has 2 aromatic heterocycles. The molecule has 1 aromatic carbocycles. The monoisotopic (exact) mass is 561 g/mol. The number of carbonyl (C=O) groups excluding carboxylic acids is 1. The number of sulfonamides is 1. The molecule has 188 valence electrons. The quantitative estimate of drug-likeness (QED) is 0.422. The number of nitrogens with one attached hydrogen (secondary N) is 2. The molecule has 2 N–H and O–H groups in total. The van der Waals surface area contributed by atoms with Crippen LogP contribution in [0, 0.1) is 13.8 Å². The molecule has 35 heavy (non-hydrogen) atoms. The Kier molecular flexibility index (Phi) is 6.74. The number of carbonyl (C=O) groups is 1. The van der Waals surface area contributed by atoms with Crippen LogP contribution in [-0.4, -0.2) is 47.5 Å². The maximum Gasteiger partial charge on any atom is 0.265 e. The molecule has 0 unspecified atom stereocenters. The molecule has 0 spiro atoms. The smallest absolute Gasteiger partial charge is 0.265 e. The van der Waals surface area contributed by atoms with E-state index < -0.39 is 25.8 Å². The van der Waals surface area contributed by atoms with Crippen molar-refractivity contribution in [2.45, 2.75) is 30.1 Å². The van der Waals surface area contributed by atoms with Crippen molar-refractivity contribution >= 4 is 54.6 Å². The van der Waals surface area contributed by atoms with Gasteiger partial charge in [-0.2, -0.15) is 0 Å². The summed E-state index contributed by atoms with van der Waals surface area (Å²) in [6.07, 6.45) is 1.25. The third kappa shape index (κ3) is 4.96. The first-order valence-corrected chi connectivity index (χ1v) is 14.7. The number of fused-ring (bicyclic) bond motifs is 1. The maximum atomic E-state index is 12.8. The molecule has 0 fully saturated rings. The van der Waals surface area contributed by atoms with Crippen LogP contribution in [0.5, 0.6) is 11.5 Å². The zero-order valence-electron chi connectivity index (χ0n) is 18.7. The second-order valence-corrected chi connectivity index (χ2v) is 12.5. The first-order chi connectivity index (χ1) is 16.4. The molecule has 1 amide bonds. The Labute approximate surface area is 210 Å². The van der Waals surface area contributed by atoms with E-state index in [4.69, 9.17) is 25.6 Å². The third-order valence-electron chi connectivity index (χ3n) is 5.20. The number of aromatic nitrogens is 1. The van der Waals surface area contributed by atoms with Gasteiger partial charge >= 0.3 is 0 Å². The number of aryl methyl sites for hydroxylation is 1. The highest BCUT2D eigenvalue weighted by atomic mass is 35.5. The van der Waals surface area contributed by atoms with Crippen molar-refractivity contribution in [3.05, 3.63) is 44.2 Å². The van der Waals surface area contributed by atoms with Gasteiger partial charge in [-0.1, -0.05) is 16.8 Å². The van der Waals surface area contributed by atoms with Crippen LogP contribution in [0.15, 0.2) is 31.8 Å². The van der Waals surface area contributed by atoms with Gasteiger partial charge in [0, 0.05) is 18.9 Å². The lowest BCUT2D eigenvalue weighted by Gasteiger charge is -2.14. The summed E-state index contributed by atoms with van der Waals surface area (Å²) in [5, 5.41) is 7.71. The van der Waals surface area contributed by atoms with Crippen LogP contribution in [0.1, 0.15) is 26.5 Å². The fourth-order valence-corrected chi connectivity index (χ4v) is 7.05. The van der Waals surface area contributed by atoms with Crippen molar-refractivity contribution in [3.63, 3.8) is 0 Å². The molecule has 0 radical (unpaired) electrons. The minimum Gasteiger partial charge on any atom is -0.454 e. The van der Waals surface area contributed by atoms with Gasteiger partial charge in [-0.3, -0.25) is 4.79 Å². The second kappa shape index (κ2) is 9.33. The van der Waals surface area contributed by atoms with Crippen molar-refractivity contribution in [1.82, 2.24) is 10.5 Å². The molecular formula is C20H20ClN3O8S3. The Hall–Kier alpha value is -2.81. The first-order valence-electron chi connectivity index (χ1n) is 10.0. The molecule has 4 rings (SSSR count). The van der Waals surface area contributed by atoms with E-state index in [9.17, 15) is 21.6 Å². The number of sulfone groups is 1. The number of rotatable bonds is 8. The van der Waals surface area contributed by atoms with Gasteiger partial charge in [-0.05, 0) is 42.8 Å². The van der Waals surface area contributed by atoms with Crippen molar-refractivity contribution in [2.24, 2.45) is 0 Å². The number of halogens is 1. The number of hydrogen-bond acceptors (Lipinski definition) is 10. The third-order valence-corrected chi connectivity index (χ3v) is 9.22. The van der Waals surface area contributed by atoms with E-state index >= 15 is 0 Å². The summed E-state index contributed by atoms with van der Waals surface area (Å²) < 4.78 is 68.2. The number of hydrogen-bond donors (Lipinski definition) is 2. The molecular weight excluding hydrogens is 542 g/mol. The van der Waals surface area contributed by atoms with Crippen molar-refractivity contribution in [2.75, 3.05) is 24.3 Å². The zero-order valence-corrected chi connectivity index (χ0v) is 21.9. The van der Waals surface area contributed by atoms with Gasteiger partial charge in [-0.15, -0.1) is 11.3 Å². The zero-order chi connectivity index (χ0) is 25.5. The number of thiophene rings is 1. The van der Waals surface area contributed by atoms with Crippen LogP contribution < -0.4 is 19.5 Å². The van der Waals surface area contributed by atoms with E-state index in [0.29, 0.717) is 28.3 Å². The molecule has 3 aromatic rings. The number of benzene rings is 1. The first kappa shape index (κ1) is 25.3. The Morgan fingerprint density at radius 2 is 1.94 bits per heavy atom. The standard InChI is InChI=1S/C20H20ClN3O8S3/c1-10-12(15(34(3,26)27)8-13-17(10)31-9-30-13)4-6-22-19(25)18-14(5-7-33-18)35(28,29)24-20-16(21)11(2)23-32-20/h5,7-8,24H,4,6,9H2,1-3H3,(H,22,25). The van der Waals surface area contributed by atoms with Gasteiger partial charge < -0.3 is 19.3 Å². The molecule has 0 saturated heterocycles. The Balaban J connectivity index is 1.52. The molecule has 0 saturated carbocycles. The fraction of sp³-hybridized carbons (Fsp3) is 0.300. The highest BCUT2D eigenvalue weighted by Gasteiger charge is 2.28. The number of nitrogens with zero attached hydrogens (tertiary/aromatic N) is 1. The van der Waals surface area contributed by atoms with Crippen LogP contribution in [0.4, 0.5) is 5.88 Å². The average Bonchev–Trinajstić information content (AvgIpc) is 3.51. The summed E-state index contributed by atoms with van der Waals surface area (Å²) in [5.74, 6) is -0.0933. The normalized spacial score (nSPS) is 13.1. The highest BCUT2D eigenvalue weighted by molar-refractivity contribution is 7.93. The van der Waals surface area contributed by atoms with E-state index in [-0.39, 0.29) is 45.3 Å². The van der Waals surface area contributed by atoms with Gasteiger partial charge in [0.15, 0.2) is 21.3 Å². The summed E-state index contributed by atoms with van der Waals surface area (Å²) in [5.41, 5.74) is 1.38. The van der Waals surface area contributed by atoms with Crippen LogP contribution >= 0.6 is 22.9 Å². The van der Waals surface area contributed by atoms with Gasteiger partial charge in [-0.25, -0.2) is 21.6 Å². The molecule has 11 nitrogen and oxygen atoms in total. The summed E-state index contributed by atoms with van der Waals surface area (Å²) in [7, 11) is -7.79. The lowest BCUT2D eigenvalue weighted by Crippen LogP contribution is -2.27. The SMILES string of the molecule is Cc1noc(NS(=O)(=O)c2ccsc2C(=O)NCCc2c(S(C)(=O)=O)cc3c(c2C)OCO3)c1Cl. The second-order valence-electron chi connectivity index (χ2n) is 7.62. The molecule has 0 atom stereocenters. The Morgan fingerprint density at radius 1 is 1.20 bits per heavy atom. The van der Waals surface area contributed by atoms with E-state index in [2.05, 4.69) is 15.2 Å². The highest BCUT2D eigenvalue weighted by Crippen LogP contribution is 2.40. The Bertz CT molecular complexity index is 1530. The van der Waals surface area contributed by atoms with Crippen LogP contribution in [0.3, 0.4) is 0 Å². The van der Waals surface area contributed by atoms with E-state index in [1.807, 2.05) is 0 Å². The molecule has 0 aliphatic carbocycles. The molecule has 1 aliphatic heterocycles. The maximum absolute atomic E-state index is 12.8. The molecule has 15 heteroatoms. The van der Waals surface area contributed by atoms with Crippen LogP contribution in [0.25, 0.3) is 0 Å². The summed E-state index contributed by atoms with van der Waals surface area (Å²) in [6.45, 7) is 3.29. The van der Waals surface area contributed by atoms with Gasteiger partial charge in [0.25, 0.3) is 21.8 Å². The average molecular weight is 562 g/mol. The van der Waals surface area contributed by atoms with Crippen molar-refractivity contribution in [3.8, 4) is 11.5 Å².